The Morgan fingerprint density at radius 3 is 1.40 bits per heavy atom. The van der Waals surface area contributed by atoms with E-state index >= 15 is 0 Å². The lowest BCUT2D eigenvalue weighted by Gasteiger charge is -2.20. The Balaban J connectivity index is 1.45. The van der Waals surface area contributed by atoms with Crippen LogP contribution in [0.4, 0.5) is 0 Å². The number of hydrogen-bond donors (Lipinski definition) is 0. The van der Waals surface area contributed by atoms with Crippen LogP contribution in [-0.2, 0) is 0 Å². The zero-order chi connectivity index (χ0) is 27.9. The summed E-state index contributed by atoms with van der Waals surface area (Å²) in [4.78, 5) is 0. The molecule has 0 aliphatic heterocycles. The summed E-state index contributed by atoms with van der Waals surface area (Å²) in [6, 6.07) is 61.7. The number of fused-ring (bicyclic) bond motifs is 3. The van der Waals surface area contributed by atoms with Gasteiger partial charge in [0.2, 0.25) is 0 Å². The molecule has 0 saturated carbocycles. The van der Waals surface area contributed by atoms with E-state index in [0.717, 1.165) is 0 Å². The molecule has 0 radical (unpaired) electrons. The maximum atomic E-state index is 2.34. The fourth-order valence-electron chi connectivity index (χ4n) is 6.61. The molecule has 0 aromatic heterocycles. The van der Waals surface area contributed by atoms with E-state index in [1.54, 1.807) is 0 Å². The quantitative estimate of drug-likeness (QED) is 0.198. The molecule has 0 bridgehead atoms. The molecule has 0 unspecified atom stereocenters. The van der Waals surface area contributed by atoms with E-state index in [0.29, 0.717) is 0 Å². The summed E-state index contributed by atoms with van der Waals surface area (Å²) in [6.07, 6.45) is 0. The van der Waals surface area contributed by atoms with E-state index in [1.807, 2.05) is 0 Å². The first-order valence-electron chi connectivity index (χ1n) is 14.5. The highest BCUT2D eigenvalue weighted by molar-refractivity contribution is 6.22. The maximum absolute atomic E-state index is 2.34. The van der Waals surface area contributed by atoms with Gasteiger partial charge in [-0.3, -0.25) is 0 Å². The summed E-state index contributed by atoms with van der Waals surface area (Å²) < 4.78 is 0. The predicted octanol–water partition coefficient (Wildman–Crippen LogP) is 11.8. The number of hydrogen-bond acceptors (Lipinski definition) is 0. The van der Waals surface area contributed by atoms with Crippen molar-refractivity contribution >= 4 is 32.3 Å². The van der Waals surface area contributed by atoms with Gasteiger partial charge in [0.1, 0.15) is 0 Å². The van der Waals surface area contributed by atoms with Crippen LogP contribution in [0.15, 0.2) is 170 Å². The first-order valence-corrected chi connectivity index (χ1v) is 14.5. The first-order chi connectivity index (χ1) is 20.9. The molecule has 0 fully saturated rings. The second-order valence-corrected chi connectivity index (χ2v) is 10.9. The zero-order valence-electron chi connectivity index (χ0n) is 23.2. The SMILES string of the molecule is c1ccc(-c2cccc(-c3c4ccccc4c(-c4ccccc4-c4cccc5ccccc45)c4ccccc34)c2)cc1. The van der Waals surface area contributed by atoms with Gasteiger partial charge in [0.25, 0.3) is 0 Å². The molecular weight excluding hydrogens is 504 g/mol. The minimum Gasteiger partial charge on any atom is -0.0622 e. The van der Waals surface area contributed by atoms with Gasteiger partial charge in [-0.05, 0) is 82.9 Å². The molecular formula is C42H28. The van der Waals surface area contributed by atoms with Crippen molar-refractivity contribution in [1.29, 1.82) is 0 Å². The predicted molar refractivity (Wildman–Crippen MR) is 181 cm³/mol. The van der Waals surface area contributed by atoms with Crippen LogP contribution in [0.5, 0.6) is 0 Å². The molecule has 0 saturated heterocycles. The second-order valence-electron chi connectivity index (χ2n) is 10.9. The summed E-state index contributed by atoms with van der Waals surface area (Å²) in [5.41, 5.74) is 10.0. The molecule has 8 aromatic carbocycles. The molecule has 42 heavy (non-hydrogen) atoms. The van der Waals surface area contributed by atoms with Crippen molar-refractivity contribution < 1.29 is 0 Å². The molecule has 0 amide bonds. The van der Waals surface area contributed by atoms with Gasteiger partial charge in [0.05, 0.1) is 0 Å². The Hall–Kier alpha value is -5.46. The Morgan fingerprint density at radius 2 is 0.690 bits per heavy atom. The molecule has 196 valence electrons. The summed E-state index contributed by atoms with van der Waals surface area (Å²) in [5, 5.41) is 7.60. The third-order valence-electron chi connectivity index (χ3n) is 8.47. The third-order valence-corrected chi connectivity index (χ3v) is 8.47. The van der Waals surface area contributed by atoms with Crippen molar-refractivity contribution in [1.82, 2.24) is 0 Å². The molecule has 0 atom stereocenters. The van der Waals surface area contributed by atoms with Crippen LogP contribution in [0.3, 0.4) is 0 Å². The van der Waals surface area contributed by atoms with Gasteiger partial charge in [0.15, 0.2) is 0 Å². The maximum Gasteiger partial charge on any atom is -0.00201 e. The standard InChI is InChI=1S/C42H28/c1-2-14-29(15-3-1)31-18-12-19-32(28-31)41-37-23-8-10-25-39(37)42(40-26-11-9-24-38(40)41)36-22-7-6-21-35(36)34-27-13-17-30-16-4-5-20-33(30)34/h1-28H. The van der Waals surface area contributed by atoms with Crippen molar-refractivity contribution in [3.8, 4) is 44.5 Å². The fourth-order valence-corrected chi connectivity index (χ4v) is 6.61. The van der Waals surface area contributed by atoms with Crippen LogP contribution >= 0.6 is 0 Å². The van der Waals surface area contributed by atoms with Gasteiger partial charge in [-0.1, -0.05) is 164 Å². The lowest BCUT2D eigenvalue weighted by Crippen LogP contribution is -1.93. The van der Waals surface area contributed by atoms with Crippen LogP contribution in [0.1, 0.15) is 0 Å². The van der Waals surface area contributed by atoms with Crippen molar-refractivity contribution in [2.24, 2.45) is 0 Å². The summed E-state index contributed by atoms with van der Waals surface area (Å²) >= 11 is 0. The van der Waals surface area contributed by atoms with Crippen molar-refractivity contribution in [3.05, 3.63) is 170 Å². The Bertz CT molecular complexity index is 2180. The van der Waals surface area contributed by atoms with Gasteiger partial charge in [-0.25, -0.2) is 0 Å². The lowest BCUT2D eigenvalue weighted by molar-refractivity contribution is 1.61. The van der Waals surface area contributed by atoms with Crippen molar-refractivity contribution in [3.63, 3.8) is 0 Å². The molecule has 0 aliphatic rings. The summed E-state index contributed by atoms with van der Waals surface area (Å²) in [6.45, 7) is 0. The van der Waals surface area contributed by atoms with Gasteiger partial charge < -0.3 is 0 Å². The molecule has 8 rings (SSSR count). The first kappa shape index (κ1) is 24.3. The third kappa shape index (κ3) is 4.00. The van der Waals surface area contributed by atoms with Gasteiger partial charge in [-0.2, -0.15) is 0 Å². The minimum absolute atomic E-state index is 1.23. The highest BCUT2D eigenvalue weighted by atomic mass is 14.2. The molecule has 0 aliphatic carbocycles. The Kier molecular flexibility index (Phi) is 5.90. The topological polar surface area (TPSA) is 0 Å². The highest BCUT2D eigenvalue weighted by Gasteiger charge is 2.19. The lowest BCUT2D eigenvalue weighted by atomic mass is 9.83. The van der Waals surface area contributed by atoms with E-state index in [9.17, 15) is 0 Å². The zero-order valence-corrected chi connectivity index (χ0v) is 23.2. The van der Waals surface area contributed by atoms with Crippen LogP contribution in [0.2, 0.25) is 0 Å². The van der Waals surface area contributed by atoms with Crippen LogP contribution < -0.4 is 0 Å². The molecule has 0 N–H and O–H groups in total. The van der Waals surface area contributed by atoms with Crippen LogP contribution in [0.25, 0.3) is 76.8 Å². The van der Waals surface area contributed by atoms with E-state index in [-0.39, 0.29) is 0 Å². The van der Waals surface area contributed by atoms with Crippen LogP contribution in [0, 0.1) is 0 Å². The van der Waals surface area contributed by atoms with Gasteiger partial charge >= 0.3 is 0 Å². The van der Waals surface area contributed by atoms with Gasteiger partial charge in [-0.15, -0.1) is 0 Å². The molecule has 0 nitrogen and oxygen atoms in total. The van der Waals surface area contributed by atoms with Crippen molar-refractivity contribution in [2.75, 3.05) is 0 Å². The molecule has 0 heterocycles. The average molecular weight is 533 g/mol. The minimum atomic E-state index is 1.23. The van der Waals surface area contributed by atoms with E-state index in [4.69, 9.17) is 0 Å². The summed E-state index contributed by atoms with van der Waals surface area (Å²) in [5.74, 6) is 0. The van der Waals surface area contributed by atoms with Crippen LogP contribution in [-0.4, -0.2) is 0 Å². The van der Waals surface area contributed by atoms with Gasteiger partial charge in [0, 0.05) is 0 Å². The largest absolute Gasteiger partial charge is 0.0622 e. The van der Waals surface area contributed by atoms with E-state index < -0.39 is 0 Å². The number of benzene rings is 8. The normalized spacial score (nSPS) is 11.3. The van der Waals surface area contributed by atoms with E-state index in [2.05, 4.69) is 170 Å². The van der Waals surface area contributed by atoms with E-state index in [1.165, 1.54) is 76.8 Å². The highest BCUT2D eigenvalue weighted by Crippen LogP contribution is 2.47. The average Bonchev–Trinajstić information content (AvgIpc) is 3.07. The Labute approximate surface area is 246 Å². The molecule has 8 aromatic rings. The van der Waals surface area contributed by atoms with Crippen molar-refractivity contribution in [2.45, 2.75) is 0 Å². The summed E-state index contributed by atoms with van der Waals surface area (Å²) in [7, 11) is 0. The monoisotopic (exact) mass is 532 g/mol. The molecule has 0 heteroatoms. The number of rotatable bonds is 4. The second kappa shape index (κ2) is 10.2. The fraction of sp³-hybridized carbons (Fsp3) is 0. The molecule has 0 spiro atoms. The smallest absolute Gasteiger partial charge is 0.00201 e. The Morgan fingerprint density at radius 1 is 0.238 bits per heavy atom.